The molecule has 3 heteroatoms. The Balaban J connectivity index is 1.97. The highest BCUT2D eigenvalue weighted by Crippen LogP contribution is 2.55. The molecule has 2 aliphatic rings. The first kappa shape index (κ1) is 6.38. The minimum absolute atomic E-state index is 0.557. The summed E-state index contributed by atoms with van der Waals surface area (Å²) in [5, 5.41) is 0.676. The second kappa shape index (κ2) is 2.07. The monoisotopic (exact) mass is 161 g/mol. The van der Waals surface area contributed by atoms with Gasteiger partial charge in [0.25, 0.3) is 0 Å². The lowest BCUT2D eigenvalue weighted by Crippen LogP contribution is -2.23. The normalized spacial score (nSPS) is 49.7. The Morgan fingerprint density at radius 1 is 1.67 bits per heavy atom. The van der Waals surface area contributed by atoms with Crippen LogP contribution in [0.15, 0.2) is 0 Å². The van der Waals surface area contributed by atoms with Crippen molar-refractivity contribution in [2.45, 2.75) is 29.3 Å². The molecule has 2 fully saturated rings. The molecule has 0 bridgehead atoms. The van der Waals surface area contributed by atoms with Gasteiger partial charge in [-0.3, -0.25) is 4.72 Å². The van der Waals surface area contributed by atoms with E-state index >= 15 is 0 Å². The third-order valence-electron chi connectivity index (χ3n) is 2.14. The maximum absolute atomic E-state index is 4.44. The molecule has 1 saturated heterocycles. The lowest BCUT2D eigenvalue weighted by atomic mass is 10.2. The molecule has 0 aromatic heterocycles. The van der Waals surface area contributed by atoms with Crippen molar-refractivity contribution in [3.05, 3.63) is 0 Å². The van der Waals surface area contributed by atoms with Gasteiger partial charge in [-0.25, -0.2) is 0 Å². The smallest absolute Gasteiger partial charge is 0.0432 e. The van der Waals surface area contributed by atoms with Gasteiger partial charge in [-0.1, -0.05) is 11.9 Å². The standard InChI is InChI=1S/C6H11NS2/c8-5-4-6(5)2-1-3-7-9-6/h5,7-8H,1-4H2. The number of hydrogen-bond acceptors (Lipinski definition) is 3. The topological polar surface area (TPSA) is 12.0 Å². The molecule has 1 saturated carbocycles. The fourth-order valence-electron chi connectivity index (χ4n) is 1.35. The summed E-state index contributed by atoms with van der Waals surface area (Å²) < 4.78 is 3.89. The average Bonchev–Trinajstić information content (AvgIpc) is 2.44. The number of nitrogens with one attached hydrogen (secondary N) is 1. The van der Waals surface area contributed by atoms with Gasteiger partial charge in [-0.2, -0.15) is 12.6 Å². The molecule has 0 radical (unpaired) electrons. The van der Waals surface area contributed by atoms with Gasteiger partial charge in [0.15, 0.2) is 0 Å². The van der Waals surface area contributed by atoms with E-state index in [-0.39, 0.29) is 0 Å². The molecule has 9 heavy (non-hydrogen) atoms. The van der Waals surface area contributed by atoms with Crippen molar-refractivity contribution in [3.63, 3.8) is 0 Å². The Bertz CT molecular complexity index is 120. The highest BCUT2D eigenvalue weighted by atomic mass is 32.2. The van der Waals surface area contributed by atoms with Crippen LogP contribution in [0.1, 0.15) is 19.3 Å². The van der Waals surface area contributed by atoms with Crippen LogP contribution in [-0.4, -0.2) is 16.5 Å². The first-order valence-electron chi connectivity index (χ1n) is 3.42. The van der Waals surface area contributed by atoms with Crippen LogP contribution in [0.4, 0.5) is 0 Å². The van der Waals surface area contributed by atoms with Crippen LogP contribution in [0, 0.1) is 0 Å². The molecule has 1 aliphatic heterocycles. The van der Waals surface area contributed by atoms with Crippen molar-refractivity contribution in [3.8, 4) is 0 Å². The first-order valence-corrected chi connectivity index (χ1v) is 4.76. The maximum Gasteiger partial charge on any atom is 0.0432 e. The second-order valence-electron chi connectivity index (χ2n) is 2.88. The maximum atomic E-state index is 4.44. The lowest BCUT2D eigenvalue weighted by Gasteiger charge is -2.21. The Hall–Kier alpha value is 0.660. The number of hydrogen-bond donors (Lipinski definition) is 2. The fraction of sp³-hybridized carbons (Fsp3) is 1.00. The molecule has 1 aliphatic carbocycles. The van der Waals surface area contributed by atoms with Crippen LogP contribution in [0.25, 0.3) is 0 Å². The molecule has 1 heterocycles. The summed E-state index contributed by atoms with van der Waals surface area (Å²) in [6, 6.07) is 0. The predicted octanol–water partition coefficient (Wildman–Crippen LogP) is 1.46. The summed E-state index contributed by atoms with van der Waals surface area (Å²) >= 11 is 6.36. The van der Waals surface area contributed by atoms with Crippen molar-refractivity contribution in [1.29, 1.82) is 0 Å². The minimum atomic E-state index is 0.557. The molecule has 2 rings (SSSR count). The molecule has 2 unspecified atom stereocenters. The van der Waals surface area contributed by atoms with E-state index in [1.807, 2.05) is 11.9 Å². The van der Waals surface area contributed by atoms with Gasteiger partial charge < -0.3 is 0 Å². The van der Waals surface area contributed by atoms with Gasteiger partial charge >= 0.3 is 0 Å². The average molecular weight is 161 g/mol. The molecule has 0 aromatic rings. The number of thiol groups is 1. The van der Waals surface area contributed by atoms with E-state index in [1.54, 1.807) is 0 Å². The van der Waals surface area contributed by atoms with Crippen LogP contribution in [0.5, 0.6) is 0 Å². The Kier molecular flexibility index (Phi) is 1.47. The largest absolute Gasteiger partial charge is 0.264 e. The summed E-state index contributed by atoms with van der Waals surface area (Å²) in [4.78, 5) is 0. The SMILES string of the molecule is SC1CC12CCCNS2. The van der Waals surface area contributed by atoms with Gasteiger partial charge in [0, 0.05) is 16.5 Å². The van der Waals surface area contributed by atoms with Gasteiger partial charge in [0.1, 0.15) is 0 Å². The Morgan fingerprint density at radius 3 is 2.78 bits per heavy atom. The summed E-state index contributed by atoms with van der Waals surface area (Å²) in [7, 11) is 0. The molecule has 1 N–H and O–H groups in total. The zero-order valence-electron chi connectivity index (χ0n) is 5.26. The Labute approximate surface area is 65.5 Å². The highest BCUT2D eigenvalue weighted by molar-refractivity contribution is 8.00. The van der Waals surface area contributed by atoms with Crippen LogP contribution >= 0.6 is 24.6 Å². The molecule has 0 aromatic carbocycles. The zero-order valence-corrected chi connectivity index (χ0v) is 6.97. The Morgan fingerprint density at radius 2 is 2.44 bits per heavy atom. The zero-order chi connectivity index (χ0) is 6.32. The van der Waals surface area contributed by atoms with Gasteiger partial charge in [0.2, 0.25) is 0 Å². The number of rotatable bonds is 0. The van der Waals surface area contributed by atoms with Crippen molar-refractivity contribution in [2.75, 3.05) is 6.54 Å². The molecule has 1 spiro atoms. The molecule has 0 amide bonds. The van der Waals surface area contributed by atoms with Gasteiger partial charge in [-0.05, 0) is 19.3 Å². The van der Waals surface area contributed by atoms with Crippen LogP contribution in [-0.2, 0) is 0 Å². The fourth-order valence-corrected chi connectivity index (χ4v) is 3.26. The van der Waals surface area contributed by atoms with E-state index < -0.39 is 0 Å². The third kappa shape index (κ3) is 0.994. The summed E-state index contributed by atoms with van der Waals surface area (Å²) in [6.07, 6.45) is 4.02. The van der Waals surface area contributed by atoms with Crippen molar-refractivity contribution < 1.29 is 0 Å². The van der Waals surface area contributed by atoms with Crippen LogP contribution in [0.3, 0.4) is 0 Å². The summed E-state index contributed by atoms with van der Waals surface area (Å²) in [5.74, 6) is 0. The van der Waals surface area contributed by atoms with Crippen molar-refractivity contribution in [2.24, 2.45) is 0 Å². The van der Waals surface area contributed by atoms with E-state index in [4.69, 9.17) is 0 Å². The molecule has 1 nitrogen and oxygen atoms in total. The quantitative estimate of drug-likeness (QED) is 0.412. The first-order chi connectivity index (χ1) is 4.33. The molecular formula is C6H11NS2. The highest BCUT2D eigenvalue weighted by Gasteiger charge is 2.53. The summed E-state index contributed by atoms with van der Waals surface area (Å²) in [5.41, 5.74) is 0. The third-order valence-corrected chi connectivity index (χ3v) is 4.40. The minimum Gasteiger partial charge on any atom is -0.264 e. The molecular weight excluding hydrogens is 150 g/mol. The van der Waals surface area contributed by atoms with E-state index in [0.717, 1.165) is 0 Å². The van der Waals surface area contributed by atoms with Crippen LogP contribution < -0.4 is 4.72 Å². The predicted molar refractivity (Wildman–Crippen MR) is 44.9 cm³/mol. The van der Waals surface area contributed by atoms with E-state index in [0.29, 0.717) is 10.00 Å². The van der Waals surface area contributed by atoms with Crippen LogP contribution in [0.2, 0.25) is 0 Å². The summed E-state index contributed by atoms with van der Waals surface area (Å²) in [6.45, 7) is 1.19. The van der Waals surface area contributed by atoms with Gasteiger partial charge in [-0.15, -0.1) is 0 Å². The molecule has 2 atom stereocenters. The van der Waals surface area contributed by atoms with Crippen molar-refractivity contribution >= 4 is 24.6 Å². The second-order valence-corrected chi connectivity index (χ2v) is 4.81. The lowest BCUT2D eigenvalue weighted by molar-refractivity contribution is 0.659. The van der Waals surface area contributed by atoms with Crippen molar-refractivity contribution in [1.82, 2.24) is 4.72 Å². The van der Waals surface area contributed by atoms with Gasteiger partial charge in [0.05, 0.1) is 0 Å². The van der Waals surface area contributed by atoms with E-state index in [2.05, 4.69) is 17.4 Å². The van der Waals surface area contributed by atoms with E-state index in [1.165, 1.54) is 25.8 Å². The molecule has 52 valence electrons. The van der Waals surface area contributed by atoms with E-state index in [9.17, 15) is 0 Å².